The fourth-order valence-corrected chi connectivity index (χ4v) is 4.45. The summed E-state index contributed by atoms with van der Waals surface area (Å²) in [6.07, 6.45) is 1.05. The number of aromatic nitrogens is 1. The quantitative estimate of drug-likeness (QED) is 0.697. The van der Waals surface area contributed by atoms with Crippen LogP contribution in [-0.2, 0) is 20.8 Å². The van der Waals surface area contributed by atoms with Crippen LogP contribution in [0.3, 0.4) is 0 Å². The zero-order chi connectivity index (χ0) is 21.8. The van der Waals surface area contributed by atoms with E-state index in [0.29, 0.717) is 36.8 Å². The summed E-state index contributed by atoms with van der Waals surface area (Å²) in [6.45, 7) is 2.80. The largest absolute Gasteiger partial charge is 0.497 e. The summed E-state index contributed by atoms with van der Waals surface area (Å²) in [5, 5.41) is 7.58. The summed E-state index contributed by atoms with van der Waals surface area (Å²) >= 11 is 1.28. The van der Waals surface area contributed by atoms with Gasteiger partial charge in [-0.2, -0.15) is 0 Å². The second kappa shape index (κ2) is 9.34. The molecule has 0 spiro atoms. The molecule has 0 aliphatic carbocycles. The van der Waals surface area contributed by atoms with Crippen LogP contribution in [-0.4, -0.2) is 66.9 Å². The Balaban J connectivity index is 1.26. The molecule has 1 aromatic carbocycles. The predicted octanol–water partition coefficient (Wildman–Crippen LogP) is 1.26. The monoisotopic (exact) mass is 443 g/mol. The summed E-state index contributed by atoms with van der Waals surface area (Å²) < 4.78 is 5.29. The second-order valence-electron chi connectivity index (χ2n) is 7.54. The number of rotatable bonds is 6. The van der Waals surface area contributed by atoms with Crippen LogP contribution < -0.4 is 20.3 Å². The van der Waals surface area contributed by atoms with Gasteiger partial charge in [0.1, 0.15) is 11.8 Å². The van der Waals surface area contributed by atoms with Crippen LogP contribution in [0.4, 0.5) is 10.8 Å². The minimum absolute atomic E-state index is 0.0246. The SMILES string of the molecule is COc1cccc(N2CCN(C(=O)Cc3csc(NC(=O)C4CCC(=O)N4)n3)CC2)c1. The summed E-state index contributed by atoms with van der Waals surface area (Å²) in [4.78, 5) is 44.6. The van der Waals surface area contributed by atoms with E-state index < -0.39 is 6.04 Å². The number of benzene rings is 1. The van der Waals surface area contributed by atoms with Crippen molar-refractivity contribution in [3.05, 3.63) is 35.3 Å². The second-order valence-corrected chi connectivity index (χ2v) is 8.40. The number of hydrogen-bond donors (Lipinski definition) is 2. The van der Waals surface area contributed by atoms with Gasteiger partial charge in [0.05, 0.1) is 19.2 Å². The highest BCUT2D eigenvalue weighted by Crippen LogP contribution is 2.23. The lowest BCUT2D eigenvalue weighted by Gasteiger charge is -2.36. The van der Waals surface area contributed by atoms with E-state index in [1.165, 1.54) is 11.3 Å². The Morgan fingerprint density at radius 2 is 2.10 bits per heavy atom. The first-order valence-corrected chi connectivity index (χ1v) is 11.1. The third kappa shape index (κ3) is 5.13. The molecule has 1 unspecified atom stereocenters. The molecule has 4 rings (SSSR count). The van der Waals surface area contributed by atoms with Gasteiger partial charge in [0.25, 0.3) is 0 Å². The average Bonchev–Trinajstić information content (AvgIpc) is 3.42. The van der Waals surface area contributed by atoms with Crippen LogP contribution in [0.25, 0.3) is 0 Å². The van der Waals surface area contributed by atoms with E-state index in [2.05, 4.69) is 20.5 Å². The number of anilines is 2. The van der Waals surface area contributed by atoms with Crippen LogP contribution in [0.1, 0.15) is 18.5 Å². The number of methoxy groups -OCH3 is 1. The Morgan fingerprint density at radius 1 is 1.29 bits per heavy atom. The highest BCUT2D eigenvalue weighted by Gasteiger charge is 2.28. The van der Waals surface area contributed by atoms with Gasteiger partial charge in [-0.3, -0.25) is 14.4 Å². The van der Waals surface area contributed by atoms with E-state index in [1.807, 2.05) is 29.2 Å². The third-order valence-corrected chi connectivity index (χ3v) is 6.28. The van der Waals surface area contributed by atoms with Gasteiger partial charge in [0.15, 0.2) is 5.13 Å². The molecule has 2 saturated heterocycles. The van der Waals surface area contributed by atoms with Crippen molar-refractivity contribution < 1.29 is 19.1 Å². The summed E-state index contributed by atoms with van der Waals surface area (Å²) in [7, 11) is 1.65. The average molecular weight is 444 g/mol. The molecule has 3 heterocycles. The molecular formula is C21H25N5O4S. The minimum Gasteiger partial charge on any atom is -0.497 e. The van der Waals surface area contributed by atoms with Crippen LogP contribution in [0, 0.1) is 0 Å². The van der Waals surface area contributed by atoms with Crippen molar-refractivity contribution in [1.82, 2.24) is 15.2 Å². The minimum atomic E-state index is -0.512. The van der Waals surface area contributed by atoms with Crippen LogP contribution >= 0.6 is 11.3 Å². The highest BCUT2D eigenvalue weighted by atomic mass is 32.1. The Bertz CT molecular complexity index is 970. The Hall–Kier alpha value is -3.14. The van der Waals surface area contributed by atoms with E-state index in [1.54, 1.807) is 12.5 Å². The Morgan fingerprint density at radius 3 is 2.81 bits per heavy atom. The van der Waals surface area contributed by atoms with Gasteiger partial charge in [-0.15, -0.1) is 11.3 Å². The lowest BCUT2D eigenvalue weighted by atomic mass is 10.2. The molecule has 9 nitrogen and oxygen atoms in total. The van der Waals surface area contributed by atoms with E-state index >= 15 is 0 Å². The maximum absolute atomic E-state index is 12.7. The lowest BCUT2D eigenvalue weighted by Crippen LogP contribution is -2.49. The molecule has 1 atom stereocenters. The number of ether oxygens (including phenoxy) is 1. The van der Waals surface area contributed by atoms with Crippen molar-refractivity contribution >= 4 is 39.9 Å². The van der Waals surface area contributed by atoms with E-state index in [0.717, 1.165) is 24.5 Å². The first kappa shape index (κ1) is 21.1. The molecule has 1 aromatic heterocycles. The van der Waals surface area contributed by atoms with E-state index in [9.17, 15) is 14.4 Å². The van der Waals surface area contributed by atoms with Crippen LogP contribution in [0.5, 0.6) is 5.75 Å². The number of nitrogens with zero attached hydrogens (tertiary/aromatic N) is 3. The molecule has 2 aliphatic heterocycles. The number of piperazine rings is 1. The maximum atomic E-state index is 12.7. The zero-order valence-electron chi connectivity index (χ0n) is 17.3. The van der Waals surface area contributed by atoms with Crippen molar-refractivity contribution in [3.63, 3.8) is 0 Å². The lowest BCUT2D eigenvalue weighted by molar-refractivity contribution is -0.130. The topological polar surface area (TPSA) is 104 Å². The van der Waals surface area contributed by atoms with Gasteiger partial charge in [0.2, 0.25) is 17.7 Å². The molecular weight excluding hydrogens is 418 g/mol. The van der Waals surface area contributed by atoms with Crippen molar-refractivity contribution in [3.8, 4) is 5.75 Å². The predicted molar refractivity (Wildman–Crippen MR) is 117 cm³/mol. The molecule has 0 bridgehead atoms. The third-order valence-electron chi connectivity index (χ3n) is 5.48. The highest BCUT2D eigenvalue weighted by molar-refractivity contribution is 7.13. The number of nitrogens with one attached hydrogen (secondary N) is 2. The van der Waals surface area contributed by atoms with E-state index in [4.69, 9.17) is 4.74 Å². The molecule has 3 amide bonds. The molecule has 31 heavy (non-hydrogen) atoms. The summed E-state index contributed by atoms with van der Waals surface area (Å²) in [5.41, 5.74) is 1.72. The number of hydrogen-bond acceptors (Lipinski definition) is 7. The van der Waals surface area contributed by atoms with Gasteiger partial charge in [-0.05, 0) is 18.6 Å². The van der Waals surface area contributed by atoms with Gasteiger partial charge < -0.3 is 25.2 Å². The number of carbonyl (C=O) groups excluding carboxylic acids is 3. The van der Waals surface area contributed by atoms with Gasteiger partial charge in [-0.1, -0.05) is 6.07 Å². The van der Waals surface area contributed by atoms with Gasteiger partial charge >= 0.3 is 0 Å². The molecule has 164 valence electrons. The van der Waals surface area contributed by atoms with Crippen molar-refractivity contribution in [2.45, 2.75) is 25.3 Å². The fraction of sp³-hybridized carbons (Fsp3) is 0.429. The van der Waals surface area contributed by atoms with Crippen molar-refractivity contribution in [1.29, 1.82) is 0 Å². The van der Waals surface area contributed by atoms with Crippen molar-refractivity contribution in [2.75, 3.05) is 43.5 Å². The van der Waals surface area contributed by atoms with Gasteiger partial charge in [0, 0.05) is 49.7 Å². The number of amides is 3. The number of thiazole rings is 1. The smallest absolute Gasteiger partial charge is 0.248 e. The molecule has 2 fully saturated rings. The standard InChI is InChI=1S/C21H25N5O4S/c1-30-16-4-2-3-15(12-16)25-7-9-26(10-8-25)19(28)11-14-13-31-21(22-14)24-20(29)17-5-6-18(27)23-17/h2-4,12-13,17H,5-11H2,1H3,(H,23,27)(H,22,24,29). The first-order chi connectivity index (χ1) is 15.0. The molecule has 2 aliphatic rings. The molecule has 0 radical (unpaired) electrons. The van der Waals surface area contributed by atoms with Crippen LogP contribution in [0.15, 0.2) is 29.6 Å². The zero-order valence-corrected chi connectivity index (χ0v) is 18.1. The summed E-state index contributed by atoms with van der Waals surface area (Å²) in [5.74, 6) is 0.457. The Labute approximate surface area is 184 Å². The fourth-order valence-electron chi connectivity index (χ4n) is 3.74. The molecule has 0 saturated carbocycles. The molecule has 2 aromatic rings. The first-order valence-electron chi connectivity index (χ1n) is 10.2. The normalized spacial score (nSPS) is 18.6. The Kier molecular flexibility index (Phi) is 6.36. The van der Waals surface area contributed by atoms with E-state index in [-0.39, 0.29) is 24.1 Å². The molecule has 2 N–H and O–H groups in total. The van der Waals surface area contributed by atoms with Crippen LogP contribution in [0.2, 0.25) is 0 Å². The maximum Gasteiger partial charge on any atom is 0.248 e. The summed E-state index contributed by atoms with van der Waals surface area (Å²) in [6, 6.07) is 7.41. The van der Waals surface area contributed by atoms with Gasteiger partial charge in [-0.25, -0.2) is 4.98 Å². The molecule has 10 heteroatoms. The van der Waals surface area contributed by atoms with Crippen molar-refractivity contribution in [2.24, 2.45) is 0 Å². The number of carbonyl (C=O) groups is 3.